The van der Waals surface area contributed by atoms with Crippen LogP contribution in [0.3, 0.4) is 0 Å². The summed E-state index contributed by atoms with van der Waals surface area (Å²) < 4.78 is 35.5. The van der Waals surface area contributed by atoms with Crippen LogP contribution in [-0.2, 0) is 37.7 Å². The topological polar surface area (TPSA) is 105 Å². The Kier molecular flexibility index (Phi) is 18.1. The van der Waals surface area contributed by atoms with E-state index >= 15 is 0 Å². The number of rotatable bonds is 20. The van der Waals surface area contributed by atoms with Crippen LogP contribution in [0.1, 0.15) is 106 Å². The molecule has 1 rings (SSSR count). The summed E-state index contributed by atoms with van der Waals surface area (Å²) >= 11 is 0. The molecule has 0 bridgehead atoms. The van der Waals surface area contributed by atoms with E-state index in [1.165, 1.54) is 20.8 Å². The minimum atomic E-state index is -2.59. The molecule has 0 heterocycles. The third kappa shape index (κ3) is 14.6. The Balaban J connectivity index is 3.01. The molecule has 0 aliphatic heterocycles. The summed E-state index contributed by atoms with van der Waals surface area (Å²) in [5, 5.41) is 0. The molecule has 230 valence electrons. The molecule has 0 aromatic carbocycles. The molecule has 0 N–H and O–H groups in total. The molecule has 1 unspecified atom stereocenters. The van der Waals surface area contributed by atoms with Gasteiger partial charge in [0.2, 0.25) is 7.37 Å². The van der Waals surface area contributed by atoms with Crippen LogP contribution in [-0.4, -0.2) is 55.2 Å². The first-order valence-electron chi connectivity index (χ1n) is 15.1. The summed E-state index contributed by atoms with van der Waals surface area (Å²) in [5.41, 5.74) is 0. The third-order valence-corrected chi connectivity index (χ3v) is 9.84. The van der Waals surface area contributed by atoms with Gasteiger partial charge in [-0.15, -0.1) is 0 Å². The van der Waals surface area contributed by atoms with Crippen LogP contribution in [0.4, 0.5) is 0 Å². The van der Waals surface area contributed by atoms with Crippen LogP contribution in [0.5, 0.6) is 0 Å². The van der Waals surface area contributed by atoms with Crippen molar-refractivity contribution in [3.8, 4) is 0 Å². The molecule has 0 aromatic rings. The van der Waals surface area contributed by atoms with Crippen LogP contribution >= 0.6 is 7.37 Å². The molecule has 1 saturated carbocycles. The molecule has 0 spiro atoms. The van der Waals surface area contributed by atoms with Crippen molar-refractivity contribution in [2.45, 2.75) is 124 Å². The monoisotopic (exact) mass is 584 g/mol. The first-order valence-corrected chi connectivity index (χ1v) is 17.1. The van der Waals surface area contributed by atoms with Gasteiger partial charge in [0.15, 0.2) is 0 Å². The zero-order valence-electron chi connectivity index (χ0n) is 25.6. The van der Waals surface area contributed by atoms with Gasteiger partial charge in [-0.25, -0.2) is 0 Å². The molecular weight excluding hydrogens is 531 g/mol. The van der Waals surface area contributed by atoms with Gasteiger partial charge in [0.05, 0.1) is 6.61 Å². The number of unbranched alkanes of at least 4 members (excludes halogenated alkanes) is 4. The molecule has 0 radical (unpaired) electrons. The van der Waals surface area contributed by atoms with E-state index in [0.717, 1.165) is 51.4 Å². The van der Waals surface area contributed by atoms with Gasteiger partial charge >= 0.3 is 17.9 Å². The van der Waals surface area contributed by atoms with E-state index in [0.29, 0.717) is 31.8 Å². The number of carbonyl (C=O) groups excluding carboxylic acids is 3. The quantitative estimate of drug-likeness (QED) is 0.0479. The van der Waals surface area contributed by atoms with Gasteiger partial charge in [-0.05, 0) is 51.5 Å². The highest BCUT2D eigenvalue weighted by Crippen LogP contribution is 2.48. The summed E-state index contributed by atoms with van der Waals surface area (Å²) in [4.78, 5) is 35.5. The van der Waals surface area contributed by atoms with Gasteiger partial charge < -0.3 is 18.7 Å². The molecule has 1 aliphatic rings. The predicted octanol–water partition coefficient (Wildman–Crippen LogP) is 7.40. The van der Waals surface area contributed by atoms with Crippen molar-refractivity contribution in [1.29, 1.82) is 0 Å². The van der Waals surface area contributed by atoms with Gasteiger partial charge in [-0.1, -0.05) is 51.3 Å². The van der Waals surface area contributed by atoms with Crippen LogP contribution in [0.25, 0.3) is 0 Å². The molecule has 1 fully saturated rings. The molecule has 1 aliphatic carbocycles. The number of carbonyl (C=O) groups is 3. The van der Waals surface area contributed by atoms with Gasteiger partial charge in [0.1, 0.15) is 18.3 Å². The number of esters is 3. The van der Waals surface area contributed by atoms with E-state index in [1.54, 1.807) is 0 Å². The van der Waals surface area contributed by atoms with Crippen molar-refractivity contribution >= 4 is 25.3 Å². The number of ether oxygens (including phenoxy) is 3. The highest BCUT2D eigenvalue weighted by molar-refractivity contribution is 7.58. The van der Waals surface area contributed by atoms with Crippen molar-refractivity contribution in [3.05, 3.63) is 24.3 Å². The lowest BCUT2D eigenvalue weighted by Crippen LogP contribution is -2.25. The second-order valence-corrected chi connectivity index (χ2v) is 13.5. The van der Waals surface area contributed by atoms with E-state index in [2.05, 4.69) is 26.0 Å². The first kappa shape index (κ1) is 36.1. The summed E-state index contributed by atoms with van der Waals surface area (Å²) in [6, 6.07) is 0. The highest BCUT2D eigenvalue weighted by Gasteiger charge is 2.45. The van der Waals surface area contributed by atoms with Crippen LogP contribution in [0.2, 0.25) is 0 Å². The average Bonchev–Trinajstić information content (AvgIpc) is 3.17. The fourth-order valence-corrected chi connectivity index (χ4v) is 7.72. The average molecular weight is 585 g/mol. The van der Waals surface area contributed by atoms with E-state index in [1.807, 2.05) is 19.1 Å². The minimum Gasteiger partial charge on any atom is -0.462 e. The molecule has 40 heavy (non-hydrogen) atoms. The van der Waals surface area contributed by atoms with Gasteiger partial charge in [0.25, 0.3) is 0 Å². The smallest absolute Gasteiger partial charge is 0.303 e. The Labute approximate surface area is 242 Å². The van der Waals surface area contributed by atoms with Crippen LogP contribution in [0.15, 0.2) is 24.3 Å². The molecule has 0 amide bonds. The largest absolute Gasteiger partial charge is 0.462 e. The van der Waals surface area contributed by atoms with E-state index < -0.39 is 19.6 Å². The maximum absolute atomic E-state index is 13.0. The highest BCUT2D eigenvalue weighted by atomic mass is 31.2. The third-order valence-electron chi connectivity index (χ3n) is 7.12. The second kappa shape index (κ2) is 20.0. The summed E-state index contributed by atoms with van der Waals surface area (Å²) in [7, 11) is -2.59. The van der Waals surface area contributed by atoms with Gasteiger partial charge in [-0.3, -0.25) is 18.9 Å². The predicted molar refractivity (Wildman–Crippen MR) is 158 cm³/mol. The summed E-state index contributed by atoms with van der Waals surface area (Å²) in [6.07, 6.45) is 16.3. The summed E-state index contributed by atoms with van der Waals surface area (Å²) in [6.45, 7) is 10.7. The Morgan fingerprint density at radius 3 is 2.10 bits per heavy atom. The maximum Gasteiger partial charge on any atom is 0.303 e. The van der Waals surface area contributed by atoms with E-state index in [4.69, 9.17) is 18.7 Å². The van der Waals surface area contributed by atoms with Crippen molar-refractivity contribution < 1.29 is 37.7 Å². The lowest BCUT2D eigenvalue weighted by Gasteiger charge is -2.23. The van der Waals surface area contributed by atoms with Crippen molar-refractivity contribution in [2.24, 2.45) is 11.8 Å². The summed E-state index contributed by atoms with van der Waals surface area (Å²) in [5.74, 6) is -1.40. The standard InChI is InChI=1S/C31H53O8P/c1-7-10-14-17-27(37-24(4)32)19-20-29-28(30(38-25(5)33)23-31(29)39-26(6)34)18-15-12-13-16-22-40(35,36-9-3)21-11-8-2/h12,15,19-20,27-31H,7-11,13-14,16-18,21-23H2,1-6H3/b15-12-,20-19+/t27-,28+,29+,30-,31+,40?/m0/s1. The lowest BCUT2D eigenvalue weighted by molar-refractivity contribution is -0.149. The number of allylic oxidation sites excluding steroid dienone is 2. The Bertz CT molecular complexity index is 867. The van der Waals surface area contributed by atoms with Gasteiger partial charge in [-0.2, -0.15) is 0 Å². The zero-order chi connectivity index (χ0) is 30.0. The SMILES string of the molecule is CCCCC[C@@H](/C=C/[C@@H]1[C@@H](C/C=C\CCCP(=O)(CCCC)OCC)[C@@H](OC(C)=O)C[C@H]1OC(C)=O)OC(C)=O. The number of hydrogen-bond donors (Lipinski definition) is 0. The van der Waals surface area contributed by atoms with Crippen molar-refractivity contribution in [3.63, 3.8) is 0 Å². The van der Waals surface area contributed by atoms with E-state index in [9.17, 15) is 18.9 Å². The fraction of sp³-hybridized carbons (Fsp3) is 0.774. The Hall–Kier alpha value is -1.92. The molecular formula is C31H53O8P. The molecule has 0 aromatic heterocycles. The molecule has 9 heteroatoms. The maximum atomic E-state index is 13.0. The Morgan fingerprint density at radius 1 is 0.850 bits per heavy atom. The lowest BCUT2D eigenvalue weighted by atomic mass is 9.89. The van der Waals surface area contributed by atoms with Crippen molar-refractivity contribution in [1.82, 2.24) is 0 Å². The molecule has 0 saturated heterocycles. The van der Waals surface area contributed by atoms with Crippen molar-refractivity contribution in [2.75, 3.05) is 18.9 Å². The normalized spacial score (nSPS) is 23.2. The molecule has 8 nitrogen and oxygen atoms in total. The Morgan fingerprint density at radius 2 is 1.50 bits per heavy atom. The van der Waals surface area contributed by atoms with Gasteiger partial charge in [0, 0.05) is 51.4 Å². The first-order chi connectivity index (χ1) is 19.0. The molecule has 6 atom stereocenters. The van der Waals surface area contributed by atoms with Crippen LogP contribution < -0.4 is 0 Å². The number of hydrogen-bond acceptors (Lipinski definition) is 8. The van der Waals surface area contributed by atoms with Crippen LogP contribution in [0, 0.1) is 11.8 Å². The minimum absolute atomic E-state index is 0.103. The zero-order valence-corrected chi connectivity index (χ0v) is 26.5. The fourth-order valence-electron chi connectivity index (χ4n) is 5.30. The second-order valence-electron chi connectivity index (χ2n) is 10.7. The van der Waals surface area contributed by atoms with E-state index in [-0.39, 0.29) is 35.8 Å².